The van der Waals surface area contributed by atoms with E-state index in [1.54, 1.807) is 30.3 Å². The van der Waals surface area contributed by atoms with Crippen LogP contribution in [0.4, 0.5) is 0 Å². The molecule has 10 heteroatoms. The van der Waals surface area contributed by atoms with E-state index < -0.39 is 9.84 Å². The van der Waals surface area contributed by atoms with Crippen molar-refractivity contribution in [2.75, 3.05) is 19.3 Å². The minimum atomic E-state index is -3.24. The maximum Gasteiger partial charge on any atom is 0.241 e. The summed E-state index contributed by atoms with van der Waals surface area (Å²) in [5.74, 6) is 0.922. The average Bonchev–Trinajstić information content (AvgIpc) is 3.27. The molecule has 1 aliphatic heterocycles. The van der Waals surface area contributed by atoms with Gasteiger partial charge in [0.05, 0.1) is 22.5 Å². The lowest BCUT2D eigenvalue weighted by Crippen LogP contribution is -2.40. The number of aromatic nitrogens is 2. The Labute approximate surface area is 204 Å². The van der Waals surface area contributed by atoms with Gasteiger partial charge in [-0.2, -0.15) is 4.98 Å². The van der Waals surface area contributed by atoms with Crippen LogP contribution in [0.3, 0.4) is 0 Å². The quantitative estimate of drug-likeness (QED) is 0.522. The summed E-state index contributed by atoms with van der Waals surface area (Å²) in [5.41, 5.74) is 1.60. The highest BCUT2D eigenvalue weighted by Crippen LogP contribution is 2.26. The lowest BCUT2D eigenvalue weighted by atomic mass is 9.95. The molecule has 1 fully saturated rings. The molecule has 1 aromatic heterocycles. The summed E-state index contributed by atoms with van der Waals surface area (Å²) in [7, 11) is -3.24. The molecule has 0 aliphatic carbocycles. The van der Waals surface area contributed by atoms with E-state index in [1.165, 1.54) is 6.26 Å². The molecular weight excluding hydrogens is 476 g/mol. The summed E-state index contributed by atoms with van der Waals surface area (Å²) in [6, 6.07) is 13.8. The summed E-state index contributed by atoms with van der Waals surface area (Å²) >= 11 is 6.21. The van der Waals surface area contributed by atoms with Gasteiger partial charge in [-0.3, -0.25) is 9.69 Å². The number of amides is 1. The van der Waals surface area contributed by atoms with Crippen LogP contribution in [-0.2, 0) is 21.2 Å². The first kappa shape index (κ1) is 24.4. The van der Waals surface area contributed by atoms with E-state index in [9.17, 15) is 13.2 Å². The smallest absolute Gasteiger partial charge is 0.241 e. The molecule has 1 N–H and O–H groups in total. The lowest BCUT2D eigenvalue weighted by Gasteiger charge is -2.30. The molecular formula is C24H27ClN4O4S. The van der Waals surface area contributed by atoms with Crippen molar-refractivity contribution >= 4 is 27.3 Å². The molecule has 2 aromatic carbocycles. The summed E-state index contributed by atoms with van der Waals surface area (Å²) in [6.07, 6.45) is 2.64. The van der Waals surface area contributed by atoms with E-state index in [-0.39, 0.29) is 22.8 Å². The fraction of sp³-hybridized carbons (Fsp3) is 0.375. The Kier molecular flexibility index (Phi) is 7.35. The second-order valence-corrected chi connectivity index (χ2v) is 11.0. The fourth-order valence-electron chi connectivity index (χ4n) is 4.03. The Morgan fingerprint density at radius 2 is 1.85 bits per heavy atom. The van der Waals surface area contributed by atoms with Gasteiger partial charge >= 0.3 is 0 Å². The molecule has 1 atom stereocenters. The van der Waals surface area contributed by atoms with Gasteiger partial charge in [-0.25, -0.2) is 8.42 Å². The SMILES string of the molecule is CC(NC(=O)C1CCN(Cc2nc(-c3ccccc3Cl)no2)CC1)c1ccc(S(C)(=O)=O)cc1. The molecule has 1 amide bonds. The molecule has 2 heterocycles. The fourth-order valence-corrected chi connectivity index (χ4v) is 4.88. The number of likely N-dealkylation sites (tertiary alicyclic amines) is 1. The number of nitrogens with zero attached hydrogens (tertiary/aromatic N) is 3. The highest BCUT2D eigenvalue weighted by atomic mass is 35.5. The summed E-state index contributed by atoms with van der Waals surface area (Å²) in [5, 5.41) is 7.67. The summed E-state index contributed by atoms with van der Waals surface area (Å²) < 4.78 is 28.7. The zero-order valence-corrected chi connectivity index (χ0v) is 20.6. The molecule has 0 bridgehead atoms. The van der Waals surface area contributed by atoms with E-state index in [4.69, 9.17) is 16.1 Å². The topological polar surface area (TPSA) is 105 Å². The van der Waals surface area contributed by atoms with E-state index in [1.807, 2.05) is 25.1 Å². The second-order valence-electron chi connectivity index (χ2n) is 8.61. The maximum absolute atomic E-state index is 12.8. The van der Waals surface area contributed by atoms with Crippen molar-refractivity contribution in [3.8, 4) is 11.4 Å². The van der Waals surface area contributed by atoms with Gasteiger partial charge in [0.15, 0.2) is 9.84 Å². The van der Waals surface area contributed by atoms with Crippen molar-refractivity contribution in [3.05, 3.63) is 65.0 Å². The normalized spacial score (nSPS) is 16.3. The zero-order chi connectivity index (χ0) is 24.3. The molecule has 1 saturated heterocycles. The van der Waals surface area contributed by atoms with Gasteiger partial charge in [-0.15, -0.1) is 0 Å². The number of piperidine rings is 1. The number of rotatable bonds is 7. The number of halogens is 1. The van der Waals surface area contributed by atoms with Crippen LogP contribution in [0.1, 0.15) is 37.3 Å². The molecule has 4 rings (SSSR count). The largest absolute Gasteiger partial charge is 0.349 e. The van der Waals surface area contributed by atoms with Crippen LogP contribution in [0.2, 0.25) is 5.02 Å². The molecule has 1 unspecified atom stereocenters. The van der Waals surface area contributed by atoms with Crippen LogP contribution >= 0.6 is 11.6 Å². The van der Waals surface area contributed by atoms with E-state index >= 15 is 0 Å². The monoisotopic (exact) mass is 502 g/mol. The standard InChI is InChI=1S/C24H27ClN4O4S/c1-16(17-7-9-19(10-8-17)34(2,31)32)26-24(30)18-11-13-29(14-12-18)15-22-27-23(28-33-22)20-5-3-4-6-21(20)25/h3-10,16,18H,11-15H2,1-2H3,(H,26,30). The minimum Gasteiger partial charge on any atom is -0.349 e. The van der Waals surface area contributed by atoms with Crippen LogP contribution in [0, 0.1) is 5.92 Å². The van der Waals surface area contributed by atoms with Crippen molar-refractivity contribution < 1.29 is 17.7 Å². The Bertz CT molecular complexity index is 1250. The van der Waals surface area contributed by atoms with Gasteiger partial charge in [0.2, 0.25) is 17.6 Å². The number of hydrogen-bond acceptors (Lipinski definition) is 7. The van der Waals surface area contributed by atoms with Crippen molar-refractivity contribution in [1.29, 1.82) is 0 Å². The number of nitrogens with one attached hydrogen (secondary N) is 1. The number of sulfone groups is 1. The second kappa shape index (κ2) is 10.2. The molecule has 0 spiro atoms. The number of carbonyl (C=O) groups excluding carboxylic acids is 1. The number of hydrogen-bond donors (Lipinski definition) is 1. The van der Waals surface area contributed by atoms with Gasteiger partial charge in [-0.05, 0) is 62.7 Å². The Hall–Kier alpha value is -2.75. The molecule has 8 nitrogen and oxygen atoms in total. The molecule has 3 aromatic rings. The van der Waals surface area contributed by atoms with Crippen LogP contribution in [0.5, 0.6) is 0 Å². The first-order valence-electron chi connectivity index (χ1n) is 11.1. The van der Waals surface area contributed by atoms with Gasteiger partial charge in [0.1, 0.15) is 0 Å². The van der Waals surface area contributed by atoms with E-state index in [2.05, 4.69) is 20.4 Å². The van der Waals surface area contributed by atoms with E-state index in [0.29, 0.717) is 23.3 Å². The van der Waals surface area contributed by atoms with Crippen LogP contribution in [0.25, 0.3) is 11.4 Å². The van der Waals surface area contributed by atoms with Crippen molar-refractivity contribution in [2.24, 2.45) is 5.92 Å². The number of carbonyl (C=O) groups is 1. The Balaban J connectivity index is 1.27. The van der Waals surface area contributed by atoms with Gasteiger partial charge in [0.25, 0.3) is 0 Å². The minimum absolute atomic E-state index is 0.0122. The highest BCUT2D eigenvalue weighted by Gasteiger charge is 2.27. The lowest BCUT2D eigenvalue weighted by molar-refractivity contribution is -0.127. The molecule has 34 heavy (non-hydrogen) atoms. The molecule has 0 saturated carbocycles. The Morgan fingerprint density at radius 1 is 1.18 bits per heavy atom. The predicted octanol–water partition coefficient (Wildman–Crippen LogP) is 3.88. The van der Waals surface area contributed by atoms with Gasteiger partial charge in [-0.1, -0.05) is 41.0 Å². The van der Waals surface area contributed by atoms with Crippen molar-refractivity contribution in [3.63, 3.8) is 0 Å². The first-order valence-corrected chi connectivity index (χ1v) is 13.4. The highest BCUT2D eigenvalue weighted by molar-refractivity contribution is 7.90. The summed E-state index contributed by atoms with van der Waals surface area (Å²) in [6.45, 7) is 3.92. The zero-order valence-electron chi connectivity index (χ0n) is 19.1. The maximum atomic E-state index is 12.8. The predicted molar refractivity (Wildman–Crippen MR) is 129 cm³/mol. The van der Waals surface area contributed by atoms with Gasteiger partial charge < -0.3 is 9.84 Å². The van der Waals surface area contributed by atoms with E-state index in [0.717, 1.165) is 37.1 Å². The molecule has 0 radical (unpaired) electrons. The molecule has 1 aliphatic rings. The molecule has 180 valence electrons. The summed E-state index contributed by atoms with van der Waals surface area (Å²) in [4.78, 5) is 19.7. The number of benzene rings is 2. The van der Waals surface area contributed by atoms with Crippen LogP contribution < -0.4 is 5.32 Å². The van der Waals surface area contributed by atoms with Crippen molar-refractivity contribution in [2.45, 2.75) is 37.2 Å². The van der Waals surface area contributed by atoms with Crippen LogP contribution in [0.15, 0.2) is 57.9 Å². The Morgan fingerprint density at radius 3 is 2.50 bits per heavy atom. The third kappa shape index (κ3) is 5.84. The first-order chi connectivity index (χ1) is 16.2. The van der Waals surface area contributed by atoms with Crippen LogP contribution in [-0.4, -0.2) is 48.7 Å². The average molecular weight is 503 g/mol. The third-order valence-corrected chi connectivity index (χ3v) is 7.53. The third-order valence-electron chi connectivity index (χ3n) is 6.07. The van der Waals surface area contributed by atoms with Gasteiger partial charge in [0, 0.05) is 17.7 Å². The van der Waals surface area contributed by atoms with Crippen molar-refractivity contribution in [1.82, 2.24) is 20.4 Å².